The Morgan fingerprint density at radius 2 is 1.59 bits per heavy atom. The van der Waals surface area contributed by atoms with Crippen LogP contribution in [0.1, 0.15) is 24.8 Å². The lowest BCUT2D eigenvalue weighted by Crippen LogP contribution is -2.50. The summed E-state index contributed by atoms with van der Waals surface area (Å²) in [6.07, 6.45) is 3.59. The molecule has 2 saturated carbocycles. The maximum absolute atomic E-state index is 12.5. The predicted molar refractivity (Wildman–Crippen MR) is 125 cm³/mol. The minimum absolute atomic E-state index is 0. The Morgan fingerprint density at radius 3 is 2.21 bits per heavy atom. The highest BCUT2D eigenvalue weighted by molar-refractivity contribution is 5.86. The molecule has 3 N–H and O–H groups in total. The van der Waals surface area contributed by atoms with Gasteiger partial charge in [0.1, 0.15) is 0 Å². The Morgan fingerprint density at radius 1 is 0.966 bits per heavy atom. The van der Waals surface area contributed by atoms with Gasteiger partial charge in [-0.3, -0.25) is 14.6 Å². The predicted octanol–water partition coefficient (Wildman–Crippen LogP) is 2.56. The molecule has 1 aliphatic heterocycles. The van der Waals surface area contributed by atoms with Crippen LogP contribution in [0.3, 0.4) is 0 Å². The lowest BCUT2D eigenvalue weighted by atomic mass is 9.84. The van der Waals surface area contributed by atoms with E-state index in [0.29, 0.717) is 11.8 Å². The fraction of sp³-hybridized carbons (Fsp3) is 0.667. The summed E-state index contributed by atoms with van der Waals surface area (Å²) in [7, 11) is 0. The highest BCUT2D eigenvalue weighted by atomic mass is 35.5. The summed E-state index contributed by atoms with van der Waals surface area (Å²) in [5.74, 6) is 1.40. The summed E-state index contributed by atoms with van der Waals surface area (Å²) in [5.41, 5.74) is 7.67. The molecule has 3 aliphatic rings. The molecule has 8 heteroatoms. The van der Waals surface area contributed by atoms with E-state index in [1.807, 2.05) is 0 Å². The monoisotopic (exact) mass is 464 g/mol. The first-order valence-electron chi connectivity index (χ1n) is 10.2. The van der Waals surface area contributed by atoms with Crippen molar-refractivity contribution < 1.29 is 4.79 Å². The second-order valence-electron chi connectivity index (χ2n) is 8.33. The molecular weight excluding hydrogens is 431 g/mol. The van der Waals surface area contributed by atoms with Gasteiger partial charge in [-0.2, -0.15) is 0 Å². The molecule has 4 atom stereocenters. The number of carbonyl (C=O) groups is 1. The van der Waals surface area contributed by atoms with E-state index in [2.05, 4.69) is 45.4 Å². The normalized spacial score (nSPS) is 28.7. The van der Waals surface area contributed by atoms with E-state index < -0.39 is 0 Å². The molecule has 4 unspecified atom stereocenters. The lowest BCUT2D eigenvalue weighted by Gasteiger charge is -2.35. The molecule has 0 spiro atoms. The summed E-state index contributed by atoms with van der Waals surface area (Å²) >= 11 is 0. The van der Waals surface area contributed by atoms with E-state index in [1.165, 1.54) is 24.8 Å². The van der Waals surface area contributed by atoms with Crippen LogP contribution in [0.15, 0.2) is 30.3 Å². The molecule has 29 heavy (non-hydrogen) atoms. The van der Waals surface area contributed by atoms with Gasteiger partial charge in [-0.25, -0.2) is 0 Å². The van der Waals surface area contributed by atoms with E-state index in [-0.39, 0.29) is 55.1 Å². The third-order valence-electron chi connectivity index (χ3n) is 6.72. The number of nitrogens with zero attached hydrogens (tertiary/aromatic N) is 2. The average molecular weight is 466 g/mol. The number of rotatable bonds is 6. The van der Waals surface area contributed by atoms with Gasteiger partial charge in [0, 0.05) is 51.9 Å². The van der Waals surface area contributed by atoms with Crippen molar-refractivity contribution >= 4 is 43.1 Å². The Hall–Kier alpha value is -0.560. The van der Waals surface area contributed by atoms with Crippen molar-refractivity contribution in [1.29, 1.82) is 0 Å². The zero-order valence-corrected chi connectivity index (χ0v) is 19.3. The Balaban J connectivity index is 0.00000140. The van der Waals surface area contributed by atoms with Crippen LogP contribution in [0.5, 0.6) is 0 Å². The number of nitrogens with two attached hydrogens (primary N) is 1. The molecule has 166 valence electrons. The SMILES string of the molecule is Cl.Cl.Cl.NC1C2CCC(C2)C1C(=O)NCCN1CCN(Cc2ccccc2)CC1. The highest BCUT2D eigenvalue weighted by Gasteiger charge is 2.48. The summed E-state index contributed by atoms with van der Waals surface area (Å²) in [6.45, 7) is 7.08. The second-order valence-corrected chi connectivity index (χ2v) is 8.33. The molecule has 1 saturated heterocycles. The smallest absolute Gasteiger partial charge is 0.225 e. The topological polar surface area (TPSA) is 61.6 Å². The molecule has 0 radical (unpaired) electrons. The zero-order valence-electron chi connectivity index (χ0n) is 16.9. The van der Waals surface area contributed by atoms with Crippen LogP contribution < -0.4 is 11.1 Å². The van der Waals surface area contributed by atoms with Gasteiger partial charge >= 0.3 is 0 Å². The molecule has 1 heterocycles. The number of amides is 1. The highest BCUT2D eigenvalue weighted by Crippen LogP contribution is 2.47. The minimum Gasteiger partial charge on any atom is -0.355 e. The molecule has 5 nitrogen and oxygen atoms in total. The number of carbonyl (C=O) groups excluding carboxylic acids is 1. The van der Waals surface area contributed by atoms with E-state index in [1.54, 1.807) is 0 Å². The van der Waals surface area contributed by atoms with Crippen LogP contribution in [0, 0.1) is 17.8 Å². The van der Waals surface area contributed by atoms with E-state index in [4.69, 9.17) is 5.73 Å². The lowest BCUT2D eigenvalue weighted by molar-refractivity contribution is -0.127. The maximum Gasteiger partial charge on any atom is 0.225 e. The molecule has 3 fully saturated rings. The fourth-order valence-corrected chi connectivity index (χ4v) is 5.19. The third-order valence-corrected chi connectivity index (χ3v) is 6.72. The van der Waals surface area contributed by atoms with Crippen LogP contribution in [-0.2, 0) is 11.3 Å². The third kappa shape index (κ3) is 6.46. The Kier molecular flexibility index (Phi) is 11.3. The van der Waals surface area contributed by atoms with Crippen molar-refractivity contribution in [3.05, 3.63) is 35.9 Å². The van der Waals surface area contributed by atoms with Gasteiger partial charge in [0.2, 0.25) is 5.91 Å². The maximum atomic E-state index is 12.5. The molecule has 2 aliphatic carbocycles. The first-order chi connectivity index (χ1) is 12.7. The summed E-state index contributed by atoms with van der Waals surface area (Å²) < 4.78 is 0. The molecule has 1 aromatic carbocycles. The summed E-state index contributed by atoms with van der Waals surface area (Å²) in [4.78, 5) is 17.5. The van der Waals surface area contributed by atoms with Gasteiger partial charge in [-0.1, -0.05) is 30.3 Å². The minimum atomic E-state index is 0. The summed E-state index contributed by atoms with van der Waals surface area (Å²) in [6, 6.07) is 10.8. The molecule has 4 rings (SSSR count). The number of halogens is 3. The van der Waals surface area contributed by atoms with Crippen LogP contribution in [0.2, 0.25) is 0 Å². The first-order valence-corrected chi connectivity index (χ1v) is 10.2. The Labute approximate surface area is 193 Å². The zero-order chi connectivity index (χ0) is 17.9. The van der Waals surface area contributed by atoms with Crippen LogP contribution in [0.25, 0.3) is 0 Å². The number of hydrogen-bond donors (Lipinski definition) is 2. The van der Waals surface area contributed by atoms with Crippen molar-refractivity contribution in [2.24, 2.45) is 23.5 Å². The molecule has 1 aromatic rings. The number of fused-ring (bicyclic) bond motifs is 2. The van der Waals surface area contributed by atoms with Crippen LogP contribution in [0.4, 0.5) is 0 Å². The van der Waals surface area contributed by atoms with Crippen molar-refractivity contribution in [2.45, 2.75) is 31.8 Å². The van der Waals surface area contributed by atoms with Crippen LogP contribution >= 0.6 is 37.2 Å². The number of piperazine rings is 1. The number of nitrogens with one attached hydrogen (secondary N) is 1. The van der Waals surface area contributed by atoms with Crippen LogP contribution in [-0.4, -0.2) is 61.0 Å². The van der Waals surface area contributed by atoms with Crippen molar-refractivity contribution in [3.63, 3.8) is 0 Å². The average Bonchev–Trinajstić information content (AvgIpc) is 3.25. The molecule has 0 aromatic heterocycles. The standard InChI is InChI=1S/C21H32N4O.3ClH/c22-20-18-7-6-17(14-18)19(20)21(26)23-8-9-24-10-12-25(13-11-24)15-16-4-2-1-3-5-16;;;/h1-5,17-20H,6-15,22H2,(H,23,26);3*1H. The van der Waals surface area contributed by atoms with E-state index in [0.717, 1.165) is 45.8 Å². The molecule has 1 amide bonds. The van der Waals surface area contributed by atoms with Crippen molar-refractivity contribution in [2.75, 3.05) is 39.3 Å². The number of benzene rings is 1. The first kappa shape index (κ1) is 26.5. The van der Waals surface area contributed by atoms with Gasteiger partial charge in [0.25, 0.3) is 0 Å². The van der Waals surface area contributed by atoms with E-state index in [9.17, 15) is 4.79 Å². The number of hydrogen-bond acceptors (Lipinski definition) is 4. The van der Waals surface area contributed by atoms with Gasteiger partial charge in [-0.05, 0) is 36.7 Å². The van der Waals surface area contributed by atoms with Crippen molar-refractivity contribution in [1.82, 2.24) is 15.1 Å². The fourth-order valence-electron chi connectivity index (χ4n) is 5.19. The van der Waals surface area contributed by atoms with E-state index >= 15 is 0 Å². The van der Waals surface area contributed by atoms with Gasteiger partial charge in [-0.15, -0.1) is 37.2 Å². The quantitative estimate of drug-likeness (QED) is 0.678. The second kappa shape index (κ2) is 12.3. The Bertz CT molecular complexity index is 611. The van der Waals surface area contributed by atoms with Gasteiger partial charge in [0.05, 0.1) is 5.92 Å². The van der Waals surface area contributed by atoms with Gasteiger partial charge < -0.3 is 11.1 Å². The largest absolute Gasteiger partial charge is 0.355 e. The molecule has 2 bridgehead atoms. The van der Waals surface area contributed by atoms with Gasteiger partial charge in [0.15, 0.2) is 0 Å². The summed E-state index contributed by atoms with van der Waals surface area (Å²) in [5, 5.41) is 3.16. The molecular formula is C21H35Cl3N4O. The van der Waals surface area contributed by atoms with Crippen molar-refractivity contribution in [3.8, 4) is 0 Å².